The first-order valence-corrected chi connectivity index (χ1v) is 7.00. The number of nitrogens with one attached hydrogen (secondary N) is 1. The van der Waals surface area contributed by atoms with Gasteiger partial charge in [0.25, 0.3) is 0 Å². The molecule has 0 radical (unpaired) electrons. The number of pyridine rings is 1. The van der Waals surface area contributed by atoms with Crippen molar-refractivity contribution in [3.8, 4) is 0 Å². The van der Waals surface area contributed by atoms with Crippen LogP contribution in [0.25, 0.3) is 0 Å². The fourth-order valence-electron chi connectivity index (χ4n) is 1.91. The van der Waals surface area contributed by atoms with E-state index in [1.54, 1.807) is 0 Å². The highest BCUT2D eigenvalue weighted by Gasteiger charge is 2.11. The second-order valence-electron chi connectivity index (χ2n) is 5.31. The van der Waals surface area contributed by atoms with Gasteiger partial charge in [0.1, 0.15) is 5.82 Å². The standard InChI is InChI=1S/C15H27N3/c1-6-10-18(13(4)5)15-9-7-8-14(17-15)11-16-12(2)3/h7-9,12-13,16H,6,10-11H2,1-5H3. The van der Waals surface area contributed by atoms with Crippen molar-refractivity contribution in [3.05, 3.63) is 23.9 Å². The summed E-state index contributed by atoms with van der Waals surface area (Å²) in [5, 5.41) is 3.41. The van der Waals surface area contributed by atoms with E-state index in [-0.39, 0.29) is 0 Å². The molecule has 0 aliphatic carbocycles. The van der Waals surface area contributed by atoms with Gasteiger partial charge in [-0.3, -0.25) is 0 Å². The number of nitrogens with zero attached hydrogens (tertiary/aromatic N) is 2. The Kier molecular flexibility index (Phi) is 6.13. The fraction of sp³-hybridized carbons (Fsp3) is 0.667. The van der Waals surface area contributed by atoms with Gasteiger partial charge in [-0.05, 0) is 32.4 Å². The summed E-state index contributed by atoms with van der Waals surface area (Å²) in [6.45, 7) is 12.9. The molecule has 1 rings (SSSR count). The molecule has 0 bridgehead atoms. The largest absolute Gasteiger partial charge is 0.354 e. The van der Waals surface area contributed by atoms with E-state index < -0.39 is 0 Å². The predicted molar refractivity (Wildman–Crippen MR) is 79.0 cm³/mol. The van der Waals surface area contributed by atoms with E-state index in [1.807, 2.05) is 0 Å². The van der Waals surface area contributed by atoms with Crippen LogP contribution in [-0.2, 0) is 6.54 Å². The maximum absolute atomic E-state index is 4.75. The first kappa shape index (κ1) is 15.0. The quantitative estimate of drug-likeness (QED) is 0.804. The van der Waals surface area contributed by atoms with Gasteiger partial charge in [0.05, 0.1) is 5.69 Å². The Morgan fingerprint density at radius 1 is 1.22 bits per heavy atom. The van der Waals surface area contributed by atoms with Gasteiger partial charge in [0.2, 0.25) is 0 Å². The molecule has 3 heteroatoms. The van der Waals surface area contributed by atoms with Crippen molar-refractivity contribution in [3.63, 3.8) is 0 Å². The number of aromatic nitrogens is 1. The number of hydrogen-bond donors (Lipinski definition) is 1. The third-order valence-corrected chi connectivity index (χ3v) is 2.87. The molecule has 0 aliphatic rings. The van der Waals surface area contributed by atoms with Crippen molar-refractivity contribution >= 4 is 5.82 Å². The Balaban J connectivity index is 2.78. The predicted octanol–water partition coefficient (Wildman–Crippen LogP) is 3.20. The molecule has 0 amide bonds. The van der Waals surface area contributed by atoms with Gasteiger partial charge in [-0.15, -0.1) is 0 Å². The van der Waals surface area contributed by atoms with E-state index in [0.717, 1.165) is 31.0 Å². The van der Waals surface area contributed by atoms with Crippen molar-refractivity contribution in [1.29, 1.82) is 0 Å². The van der Waals surface area contributed by atoms with Crippen molar-refractivity contribution in [2.75, 3.05) is 11.4 Å². The molecule has 1 aromatic rings. The van der Waals surface area contributed by atoms with Crippen molar-refractivity contribution in [2.45, 2.75) is 59.7 Å². The molecule has 0 saturated heterocycles. The first-order chi connectivity index (χ1) is 8.54. The van der Waals surface area contributed by atoms with Gasteiger partial charge in [0, 0.05) is 25.2 Å². The molecule has 18 heavy (non-hydrogen) atoms. The fourth-order valence-corrected chi connectivity index (χ4v) is 1.91. The van der Waals surface area contributed by atoms with Crippen LogP contribution < -0.4 is 10.2 Å². The van der Waals surface area contributed by atoms with Crippen LogP contribution in [0.15, 0.2) is 18.2 Å². The van der Waals surface area contributed by atoms with Crippen LogP contribution >= 0.6 is 0 Å². The SMILES string of the molecule is CCCN(c1cccc(CNC(C)C)n1)C(C)C. The highest BCUT2D eigenvalue weighted by atomic mass is 15.2. The number of hydrogen-bond acceptors (Lipinski definition) is 3. The zero-order valence-electron chi connectivity index (χ0n) is 12.4. The third kappa shape index (κ3) is 4.65. The average Bonchev–Trinajstić information content (AvgIpc) is 2.33. The van der Waals surface area contributed by atoms with Crippen molar-refractivity contribution in [1.82, 2.24) is 10.3 Å². The Morgan fingerprint density at radius 2 is 1.94 bits per heavy atom. The molecule has 3 nitrogen and oxygen atoms in total. The zero-order valence-corrected chi connectivity index (χ0v) is 12.4. The summed E-state index contributed by atoms with van der Waals surface area (Å²) < 4.78 is 0. The molecule has 0 aromatic carbocycles. The van der Waals surface area contributed by atoms with Gasteiger partial charge in [-0.2, -0.15) is 0 Å². The Morgan fingerprint density at radius 3 is 2.50 bits per heavy atom. The molecule has 0 unspecified atom stereocenters. The Hall–Kier alpha value is -1.09. The summed E-state index contributed by atoms with van der Waals surface area (Å²) in [7, 11) is 0. The maximum atomic E-state index is 4.75. The van der Waals surface area contributed by atoms with Crippen LogP contribution in [0.1, 0.15) is 46.7 Å². The van der Waals surface area contributed by atoms with E-state index in [4.69, 9.17) is 4.98 Å². The van der Waals surface area contributed by atoms with E-state index >= 15 is 0 Å². The van der Waals surface area contributed by atoms with E-state index in [1.165, 1.54) is 0 Å². The van der Waals surface area contributed by atoms with E-state index in [9.17, 15) is 0 Å². The van der Waals surface area contributed by atoms with Crippen LogP contribution in [0.2, 0.25) is 0 Å². The van der Waals surface area contributed by atoms with Crippen LogP contribution in [0.4, 0.5) is 5.82 Å². The molecular weight excluding hydrogens is 222 g/mol. The van der Waals surface area contributed by atoms with Crippen LogP contribution in [-0.4, -0.2) is 23.6 Å². The molecule has 0 spiro atoms. The lowest BCUT2D eigenvalue weighted by Crippen LogP contribution is -2.32. The zero-order chi connectivity index (χ0) is 13.5. The summed E-state index contributed by atoms with van der Waals surface area (Å²) in [6.07, 6.45) is 1.15. The highest BCUT2D eigenvalue weighted by molar-refractivity contribution is 5.40. The van der Waals surface area contributed by atoms with Gasteiger partial charge >= 0.3 is 0 Å². The van der Waals surface area contributed by atoms with Crippen molar-refractivity contribution in [2.24, 2.45) is 0 Å². The first-order valence-electron chi connectivity index (χ1n) is 7.00. The smallest absolute Gasteiger partial charge is 0.129 e. The van der Waals surface area contributed by atoms with Gasteiger partial charge in [-0.1, -0.05) is 26.8 Å². The van der Waals surface area contributed by atoms with Crippen LogP contribution in [0.3, 0.4) is 0 Å². The monoisotopic (exact) mass is 249 g/mol. The molecular formula is C15H27N3. The van der Waals surface area contributed by atoms with Crippen LogP contribution in [0.5, 0.6) is 0 Å². The van der Waals surface area contributed by atoms with Crippen LogP contribution in [0, 0.1) is 0 Å². The molecule has 0 atom stereocenters. The minimum Gasteiger partial charge on any atom is -0.354 e. The molecule has 1 heterocycles. The van der Waals surface area contributed by atoms with Gasteiger partial charge in [0.15, 0.2) is 0 Å². The van der Waals surface area contributed by atoms with Gasteiger partial charge in [-0.25, -0.2) is 4.98 Å². The van der Waals surface area contributed by atoms with Crippen molar-refractivity contribution < 1.29 is 0 Å². The minimum atomic E-state index is 0.491. The average molecular weight is 249 g/mol. The molecule has 0 aliphatic heterocycles. The summed E-state index contributed by atoms with van der Waals surface area (Å²) in [6, 6.07) is 7.28. The minimum absolute atomic E-state index is 0.491. The molecule has 0 saturated carbocycles. The lowest BCUT2D eigenvalue weighted by molar-refractivity contribution is 0.579. The summed E-state index contributed by atoms with van der Waals surface area (Å²) in [5.41, 5.74) is 1.11. The Labute approximate surface area is 112 Å². The topological polar surface area (TPSA) is 28.2 Å². The van der Waals surface area contributed by atoms with E-state index in [0.29, 0.717) is 12.1 Å². The third-order valence-electron chi connectivity index (χ3n) is 2.87. The Bertz CT molecular complexity index is 347. The van der Waals surface area contributed by atoms with Gasteiger partial charge < -0.3 is 10.2 Å². The molecule has 0 fully saturated rings. The normalized spacial score (nSPS) is 11.3. The molecule has 102 valence electrons. The maximum Gasteiger partial charge on any atom is 0.129 e. The number of rotatable bonds is 7. The summed E-state index contributed by atoms with van der Waals surface area (Å²) in [5.74, 6) is 1.09. The lowest BCUT2D eigenvalue weighted by atomic mass is 10.2. The highest BCUT2D eigenvalue weighted by Crippen LogP contribution is 2.15. The van der Waals surface area contributed by atoms with E-state index in [2.05, 4.69) is 63.0 Å². The number of anilines is 1. The summed E-state index contributed by atoms with van der Waals surface area (Å²) in [4.78, 5) is 7.11. The second kappa shape index (κ2) is 7.37. The molecule has 1 aromatic heterocycles. The summed E-state index contributed by atoms with van der Waals surface area (Å²) >= 11 is 0. The lowest BCUT2D eigenvalue weighted by Gasteiger charge is -2.27. The second-order valence-corrected chi connectivity index (χ2v) is 5.31. The molecule has 1 N–H and O–H groups in total.